The van der Waals surface area contributed by atoms with Crippen LogP contribution < -0.4 is 14.4 Å². The molecule has 0 unspecified atom stereocenters. The fraction of sp³-hybridized carbons (Fsp3) is 0.355. The van der Waals surface area contributed by atoms with Gasteiger partial charge in [-0.2, -0.15) is 0 Å². The maximum atomic E-state index is 14.0. The molecule has 3 aromatic rings. The number of anilines is 1. The van der Waals surface area contributed by atoms with Gasteiger partial charge in [0.25, 0.3) is 10.0 Å². The summed E-state index contributed by atoms with van der Waals surface area (Å²) in [6.07, 6.45) is 0.740. The molecule has 0 saturated carbocycles. The Morgan fingerprint density at radius 1 is 0.875 bits per heavy atom. The van der Waals surface area contributed by atoms with Gasteiger partial charge in [-0.15, -0.1) is 0 Å². The van der Waals surface area contributed by atoms with Crippen LogP contribution in [0.15, 0.2) is 77.7 Å². The fourth-order valence-corrected chi connectivity index (χ4v) is 5.47. The molecule has 8 nitrogen and oxygen atoms in total. The van der Waals surface area contributed by atoms with Gasteiger partial charge in [0.15, 0.2) is 0 Å². The van der Waals surface area contributed by atoms with Crippen LogP contribution in [0.25, 0.3) is 0 Å². The second kappa shape index (κ2) is 13.5. The van der Waals surface area contributed by atoms with Crippen LogP contribution in [0.1, 0.15) is 43.9 Å². The van der Waals surface area contributed by atoms with Gasteiger partial charge in [0.1, 0.15) is 18.3 Å². The molecule has 3 aromatic carbocycles. The van der Waals surface area contributed by atoms with Gasteiger partial charge >= 0.3 is 0 Å². The summed E-state index contributed by atoms with van der Waals surface area (Å²) in [5.41, 5.74) is 3.12. The summed E-state index contributed by atoms with van der Waals surface area (Å²) in [5, 5.41) is 2.94. The molecule has 214 valence electrons. The van der Waals surface area contributed by atoms with Crippen molar-refractivity contribution in [3.8, 4) is 5.75 Å². The summed E-state index contributed by atoms with van der Waals surface area (Å²) in [6.45, 7) is 9.03. The number of nitrogens with zero attached hydrogens (tertiary/aromatic N) is 2. The molecule has 3 rings (SSSR count). The number of ether oxygens (including phenoxy) is 1. The van der Waals surface area contributed by atoms with Crippen molar-refractivity contribution in [1.82, 2.24) is 10.2 Å². The van der Waals surface area contributed by atoms with Gasteiger partial charge in [-0.05, 0) is 76.1 Å². The summed E-state index contributed by atoms with van der Waals surface area (Å²) >= 11 is 0. The molecule has 9 heteroatoms. The van der Waals surface area contributed by atoms with Gasteiger partial charge < -0.3 is 15.0 Å². The van der Waals surface area contributed by atoms with E-state index in [4.69, 9.17) is 4.74 Å². The average molecular weight is 566 g/mol. The molecule has 40 heavy (non-hydrogen) atoms. The van der Waals surface area contributed by atoms with Crippen molar-refractivity contribution in [2.24, 2.45) is 0 Å². The molecule has 0 aromatic heterocycles. The molecule has 0 heterocycles. The van der Waals surface area contributed by atoms with E-state index in [9.17, 15) is 18.0 Å². The highest BCUT2D eigenvalue weighted by atomic mass is 32.2. The van der Waals surface area contributed by atoms with Gasteiger partial charge in [0.05, 0.1) is 17.7 Å². The Hall–Kier alpha value is -3.85. The second-order valence-electron chi connectivity index (χ2n) is 10.0. The van der Waals surface area contributed by atoms with E-state index in [-0.39, 0.29) is 23.4 Å². The zero-order chi connectivity index (χ0) is 29.4. The van der Waals surface area contributed by atoms with Crippen LogP contribution in [0.3, 0.4) is 0 Å². The van der Waals surface area contributed by atoms with Crippen LogP contribution in [-0.4, -0.2) is 50.9 Å². The zero-order valence-corrected chi connectivity index (χ0v) is 24.9. The van der Waals surface area contributed by atoms with E-state index in [0.717, 1.165) is 27.4 Å². The van der Waals surface area contributed by atoms with Crippen LogP contribution in [0.2, 0.25) is 0 Å². The predicted molar refractivity (Wildman–Crippen MR) is 158 cm³/mol. The first-order valence-corrected chi connectivity index (χ1v) is 14.8. The van der Waals surface area contributed by atoms with Gasteiger partial charge in [0, 0.05) is 12.6 Å². The third-order valence-electron chi connectivity index (χ3n) is 6.89. The predicted octanol–water partition coefficient (Wildman–Crippen LogP) is 4.84. The first kappa shape index (κ1) is 30.7. The quantitative estimate of drug-likeness (QED) is 0.339. The van der Waals surface area contributed by atoms with E-state index >= 15 is 0 Å². The zero-order valence-electron chi connectivity index (χ0n) is 24.0. The standard InChI is InChI=1S/C31H39N3O5S/c1-7-24(4)32-31(36)25(5)33(20-26-12-8-22(2)9-13-26)30(35)21-34(27-14-16-28(39-6)17-15-27)40(37,38)29-18-10-23(3)11-19-29/h8-19,24-25H,7,20-21H2,1-6H3,(H,32,36)/t24-,25+/m1/s1. The number of aryl methyl sites for hydroxylation is 2. The van der Waals surface area contributed by atoms with Crippen molar-refractivity contribution in [3.63, 3.8) is 0 Å². The van der Waals surface area contributed by atoms with E-state index in [1.165, 1.54) is 24.1 Å². The van der Waals surface area contributed by atoms with E-state index in [0.29, 0.717) is 11.4 Å². The Labute approximate surface area is 238 Å². The summed E-state index contributed by atoms with van der Waals surface area (Å²) in [4.78, 5) is 28.6. The van der Waals surface area contributed by atoms with Crippen LogP contribution >= 0.6 is 0 Å². The molecule has 1 N–H and O–H groups in total. The van der Waals surface area contributed by atoms with Crippen molar-refractivity contribution < 1.29 is 22.7 Å². The molecule has 0 aliphatic rings. The maximum Gasteiger partial charge on any atom is 0.264 e. The lowest BCUT2D eigenvalue weighted by Crippen LogP contribution is -2.52. The molecule has 0 aliphatic carbocycles. The highest BCUT2D eigenvalue weighted by Crippen LogP contribution is 2.27. The van der Waals surface area contributed by atoms with Crippen LogP contribution in [-0.2, 0) is 26.2 Å². The maximum absolute atomic E-state index is 14.0. The highest BCUT2D eigenvalue weighted by Gasteiger charge is 2.32. The molecule has 0 saturated heterocycles. The second-order valence-corrected chi connectivity index (χ2v) is 11.9. The molecule has 0 bridgehead atoms. The summed E-state index contributed by atoms with van der Waals surface area (Å²) in [5.74, 6) is -0.245. The fourth-order valence-electron chi connectivity index (χ4n) is 4.05. The lowest BCUT2D eigenvalue weighted by Gasteiger charge is -2.32. The van der Waals surface area contributed by atoms with E-state index < -0.39 is 28.5 Å². The SMILES string of the molecule is CC[C@@H](C)NC(=O)[C@H](C)N(Cc1ccc(C)cc1)C(=O)CN(c1ccc(OC)cc1)S(=O)(=O)c1ccc(C)cc1. The minimum Gasteiger partial charge on any atom is -0.497 e. The van der Waals surface area contributed by atoms with Gasteiger partial charge in [-0.3, -0.25) is 13.9 Å². The van der Waals surface area contributed by atoms with E-state index in [1.54, 1.807) is 43.3 Å². The summed E-state index contributed by atoms with van der Waals surface area (Å²) < 4.78 is 34.1. The third kappa shape index (κ3) is 7.63. The highest BCUT2D eigenvalue weighted by molar-refractivity contribution is 7.92. The van der Waals surface area contributed by atoms with Gasteiger partial charge in [-0.1, -0.05) is 54.4 Å². The largest absolute Gasteiger partial charge is 0.497 e. The minimum atomic E-state index is -4.12. The van der Waals surface area contributed by atoms with Crippen molar-refractivity contribution in [3.05, 3.63) is 89.5 Å². The molecule has 0 spiro atoms. The van der Waals surface area contributed by atoms with E-state index in [2.05, 4.69) is 5.32 Å². The molecule has 0 fully saturated rings. The smallest absolute Gasteiger partial charge is 0.264 e. The molecular formula is C31H39N3O5S. The topological polar surface area (TPSA) is 96.0 Å². The summed E-state index contributed by atoms with van der Waals surface area (Å²) in [6, 6.07) is 19.7. The summed E-state index contributed by atoms with van der Waals surface area (Å²) in [7, 11) is -2.60. The molecule has 2 amide bonds. The normalized spacial score (nSPS) is 12.8. The van der Waals surface area contributed by atoms with Crippen molar-refractivity contribution >= 4 is 27.5 Å². The number of carbonyl (C=O) groups excluding carboxylic acids is 2. The number of sulfonamides is 1. The lowest BCUT2D eigenvalue weighted by molar-refractivity contribution is -0.139. The molecule has 0 aliphatic heterocycles. The third-order valence-corrected chi connectivity index (χ3v) is 8.68. The van der Waals surface area contributed by atoms with Crippen molar-refractivity contribution in [2.75, 3.05) is 18.0 Å². The Morgan fingerprint density at radius 2 is 1.43 bits per heavy atom. The number of hydrogen-bond acceptors (Lipinski definition) is 5. The van der Waals surface area contributed by atoms with Crippen molar-refractivity contribution in [1.29, 1.82) is 0 Å². The first-order valence-electron chi connectivity index (χ1n) is 13.3. The number of benzene rings is 3. The molecular weight excluding hydrogens is 526 g/mol. The van der Waals surface area contributed by atoms with Gasteiger partial charge in [-0.25, -0.2) is 8.42 Å². The Balaban J connectivity index is 2.02. The molecule has 2 atom stereocenters. The number of carbonyl (C=O) groups is 2. The Morgan fingerprint density at radius 3 is 1.95 bits per heavy atom. The Bertz CT molecular complexity index is 1390. The number of hydrogen-bond donors (Lipinski definition) is 1. The van der Waals surface area contributed by atoms with Crippen LogP contribution in [0, 0.1) is 13.8 Å². The number of nitrogens with one attached hydrogen (secondary N) is 1. The van der Waals surface area contributed by atoms with Crippen molar-refractivity contribution in [2.45, 2.75) is 64.6 Å². The van der Waals surface area contributed by atoms with Gasteiger partial charge in [0.2, 0.25) is 11.8 Å². The number of amides is 2. The number of rotatable bonds is 12. The average Bonchev–Trinajstić information content (AvgIpc) is 2.95. The number of methoxy groups -OCH3 is 1. The molecule has 0 radical (unpaired) electrons. The minimum absolute atomic E-state index is 0.0642. The lowest BCUT2D eigenvalue weighted by atomic mass is 10.1. The first-order chi connectivity index (χ1) is 19.0. The van der Waals surface area contributed by atoms with Crippen LogP contribution in [0.4, 0.5) is 5.69 Å². The van der Waals surface area contributed by atoms with Crippen LogP contribution in [0.5, 0.6) is 5.75 Å². The Kier molecular flexibility index (Phi) is 10.3. The van der Waals surface area contributed by atoms with E-state index in [1.807, 2.05) is 52.0 Å². The monoisotopic (exact) mass is 565 g/mol.